The van der Waals surface area contributed by atoms with Gasteiger partial charge in [0.1, 0.15) is 58.9 Å². The maximum Gasteiger partial charge on any atom is 0.328 e. The van der Waals surface area contributed by atoms with Gasteiger partial charge in [-0.05, 0) is 148 Å². The molecule has 0 aliphatic rings. The molecule has 0 bridgehead atoms. The van der Waals surface area contributed by atoms with E-state index in [1.54, 1.807) is 46.1 Å². The van der Waals surface area contributed by atoms with Crippen molar-refractivity contribution in [3.63, 3.8) is 0 Å². The molecule has 113 heavy (non-hydrogen) atoms. The highest BCUT2D eigenvalue weighted by Crippen LogP contribution is 2.30. The molecule has 0 aliphatic carbocycles. The molecule has 0 radical (unpaired) electrons. The molecule has 0 unspecified atom stereocenters. The minimum absolute atomic E-state index is 0.0398. The smallest absolute Gasteiger partial charge is 0.328 e. The van der Waals surface area contributed by atoms with Gasteiger partial charge in [-0.2, -0.15) is 4.37 Å². The molecule has 8 rings (SSSR count). The van der Waals surface area contributed by atoms with Crippen LogP contribution in [0.4, 0.5) is 8.78 Å². The number of carbonyl (C=O) groups is 10. The number of oxazole rings is 1. The summed E-state index contributed by atoms with van der Waals surface area (Å²) < 4.78 is 67.7. The Morgan fingerprint density at radius 1 is 0.442 bits per heavy atom. The highest BCUT2D eigenvalue weighted by molar-refractivity contribution is 7.19. The van der Waals surface area contributed by atoms with Crippen LogP contribution in [0.1, 0.15) is 136 Å². The van der Waals surface area contributed by atoms with Crippen molar-refractivity contribution < 1.29 is 89.6 Å². The molecule has 0 fully saturated rings. The molecule has 3 heterocycles. The van der Waals surface area contributed by atoms with Gasteiger partial charge in [-0.25, -0.2) is 42.7 Å². The van der Waals surface area contributed by atoms with Gasteiger partial charge in [0.05, 0.1) is 77.9 Å². The van der Waals surface area contributed by atoms with Crippen LogP contribution in [-0.2, 0) is 104 Å². The van der Waals surface area contributed by atoms with Gasteiger partial charge in [0.15, 0.2) is 5.82 Å². The third-order valence-electron chi connectivity index (χ3n) is 15.1. The van der Waals surface area contributed by atoms with Gasteiger partial charge in [0.2, 0.25) is 35.4 Å². The third-order valence-corrected chi connectivity index (χ3v) is 16.9. The van der Waals surface area contributed by atoms with Crippen molar-refractivity contribution in [1.82, 2.24) is 40.9 Å². The molecule has 5 aromatic carbocycles. The summed E-state index contributed by atoms with van der Waals surface area (Å²) in [4.78, 5) is 128. The number of aromatic nitrogens is 3. The zero-order valence-electron chi connectivity index (χ0n) is 67.4. The van der Waals surface area contributed by atoms with Crippen molar-refractivity contribution in [2.45, 2.75) is 173 Å². The second-order valence-corrected chi connectivity index (χ2v) is 30.7. The largest absolute Gasteiger partial charge is 0.497 e. The highest BCUT2D eigenvalue weighted by atomic mass is 32.1. The van der Waals surface area contributed by atoms with Crippen molar-refractivity contribution in [3.05, 3.63) is 178 Å². The topological polar surface area (TPSA) is 338 Å². The first-order valence-corrected chi connectivity index (χ1v) is 38.8. The van der Waals surface area contributed by atoms with E-state index in [0.717, 1.165) is 61.2 Å². The van der Waals surface area contributed by atoms with Crippen LogP contribution in [-0.4, -0.2) is 144 Å². The third kappa shape index (κ3) is 37.8. The summed E-state index contributed by atoms with van der Waals surface area (Å²) in [5, 5.41) is 14.7. The molecule has 25 nitrogen and oxygen atoms in total. The summed E-state index contributed by atoms with van der Waals surface area (Å²) in [6, 6.07) is 34.0. The number of rotatable bonds is 33. The van der Waals surface area contributed by atoms with E-state index in [-0.39, 0.29) is 97.5 Å². The monoisotopic (exact) mass is 1600 g/mol. The Morgan fingerprint density at radius 2 is 0.876 bits per heavy atom. The Kier molecular flexibility index (Phi) is 41.5. The Labute approximate surface area is 668 Å². The number of thiophene rings is 1. The van der Waals surface area contributed by atoms with Gasteiger partial charge in [0.25, 0.3) is 0 Å². The molecular weight excluding hydrogens is 1500 g/mol. The maximum absolute atomic E-state index is 13.4. The van der Waals surface area contributed by atoms with Crippen molar-refractivity contribution in [3.8, 4) is 28.6 Å². The number of carbonyl (C=O) groups excluding carboxylic acids is 10. The van der Waals surface area contributed by atoms with Crippen LogP contribution >= 0.6 is 22.9 Å². The first kappa shape index (κ1) is 94.6. The van der Waals surface area contributed by atoms with E-state index < -0.39 is 77.6 Å². The molecule has 0 spiro atoms. The minimum atomic E-state index is -0.840. The van der Waals surface area contributed by atoms with Crippen molar-refractivity contribution in [1.29, 1.82) is 0 Å². The summed E-state index contributed by atoms with van der Waals surface area (Å²) in [6.45, 7) is 31.1. The molecule has 0 aliphatic heterocycles. The fraction of sp³-hybridized carbons (Fsp3) is 0.440. The SMILES string of the molecule is CC(C)COC(=O)[C@H](C)NC(=O)Cc1cc(F)ccc1F.CC(C)COC(=O)[C@H](C)NC(=O)Cc1coc(-c2ccccc2)n1.CC(C)COC(=O)[C@H](C)NC(=O)Cc1nc(-c2ccccc2)ns1.COc1ccc2cc(CC(=O)N[C@@H](C)C(=O)OCC(C)C)sc2c1.Cc1cccc(CC(=O)N[C@@H](C)C(=O)OCC(C)C)c1. The van der Waals surface area contributed by atoms with Crippen LogP contribution < -0.4 is 31.3 Å². The molecule has 5 atom stereocenters. The molecule has 8 aromatic rings. The zero-order chi connectivity index (χ0) is 83.9. The molecule has 612 valence electrons. The van der Waals surface area contributed by atoms with Crippen LogP contribution in [0.5, 0.6) is 5.75 Å². The Balaban J connectivity index is 0.000000298. The van der Waals surface area contributed by atoms with Gasteiger partial charge in [-0.1, -0.05) is 148 Å². The lowest BCUT2D eigenvalue weighted by Crippen LogP contribution is -2.40. The number of benzene rings is 5. The summed E-state index contributed by atoms with van der Waals surface area (Å²) in [7, 11) is 1.63. The number of amides is 5. The van der Waals surface area contributed by atoms with Crippen molar-refractivity contribution in [2.24, 2.45) is 29.6 Å². The predicted octanol–water partition coefficient (Wildman–Crippen LogP) is 12.6. The Bertz CT molecular complexity index is 4220. The number of fused-ring (bicyclic) bond motifs is 1. The molecule has 5 N–H and O–H groups in total. The summed E-state index contributed by atoms with van der Waals surface area (Å²) in [6.07, 6.45) is 1.74. The van der Waals surface area contributed by atoms with Crippen molar-refractivity contribution >= 4 is 92.3 Å². The number of hydrogen-bond donors (Lipinski definition) is 5. The fourth-order valence-electron chi connectivity index (χ4n) is 9.36. The molecular formula is C84H108F2N8O17S2. The number of ether oxygens (including phenoxy) is 6. The summed E-state index contributed by atoms with van der Waals surface area (Å²) in [5.74, 6) is -1.93. The zero-order valence-corrected chi connectivity index (χ0v) is 69.0. The van der Waals surface area contributed by atoms with Crippen LogP contribution in [0.15, 0.2) is 138 Å². The van der Waals surface area contributed by atoms with Gasteiger partial charge >= 0.3 is 29.8 Å². The molecule has 0 saturated carbocycles. The van der Waals surface area contributed by atoms with E-state index in [0.29, 0.717) is 48.8 Å². The standard InChI is InChI=1S/C18H22N2O4.C18H23NO4S.C17H21N3O3S.C16H23NO3.C15H19F2NO3/c1-12(2)10-24-18(22)13(3)19-16(21)9-15-11-23-17(20-15)14-7-5-4-6-8-14;1-11(2)10-23-18(21)12(3)19-17(20)9-15-7-13-5-6-14(22-4)8-16(13)24-15;1-11(2)10-23-17(22)12(3)18-14(21)9-15-19-16(20-24-15)13-7-5-4-6-8-13;1-11(2)10-20-16(19)13(4)17-15(18)9-14-7-5-6-12(3)8-14;1-9(2)8-21-15(20)10(3)18-14(19)7-11-6-12(16)4-5-13(11)17/h4-8,11-13H,9-10H2,1-3H3,(H,19,21);5-8,11-12H,9-10H2,1-4H3,(H,19,20);4-8,11-12H,9-10H2,1-3H3,(H,18,21);5-8,11,13H,9-10H2,1-4H3,(H,17,18);4-6,9-10H,7-8H2,1-3H3,(H,18,19)/t13-;2*12-;13-;10-/m00000/s1. The van der Waals surface area contributed by atoms with Gasteiger partial charge in [0, 0.05) is 26.3 Å². The number of methoxy groups -OCH3 is 1. The minimum Gasteiger partial charge on any atom is -0.497 e. The van der Waals surface area contributed by atoms with E-state index in [1.165, 1.54) is 24.7 Å². The second kappa shape index (κ2) is 49.5. The van der Waals surface area contributed by atoms with Crippen molar-refractivity contribution in [2.75, 3.05) is 40.1 Å². The first-order valence-electron chi connectivity index (χ1n) is 37.2. The molecule has 3 aromatic heterocycles. The average Bonchev–Trinajstić information content (AvgIpc) is 1.69. The number of nitrogens with one attached hydrogen (secondary N) is 5. The highest BCUT2D eigenvalue weighted by Gasteiger charge is 2.24. The predicted molar refractivity (Wildman–Crippen MR) is 429 cm³/mol. The quantitative estimate of drug-likeness (QED) is 0.0188. The normalized spacial score (nSPS) is 12.1. The molecule has 5 amide bonds. The first-order chi connectivity index (χ1) is 53.5. The van der Waals surface area contributed by atoms with Gasteiger partial charge in [-0.15, -0.1) is 11.3 Å². The van der Waals surface area contributed by atoms with Gasteiger partial charge < -0.3 is 59.4 Å². The number of nitrogens with zero attached hydrogens (tertiary/aromatic N) is 3. The average molecular weight is 1600 g/mol. The molecule has 29 heteroatoms. The fourth-order valence-corrected chi connectivity index (χ4v) is 11.1. The van der Waals surface area contributed by atoms with E-state index in [4.69, 9.17) is 32.8 Å². The van der Waals surface area contributed by atoms with E-state index in [9.17, 15) is 56.7 Å². The van der Waals surface area contributed by atoms with E-state index in [1.807, 2.05) is 185 Å². The maximum atomic E-state index is 13.4. The lowest BCUT2D eigenvalue weighted by molar-refractivity contribution is -0.148. The lowest BCUT2D eigenvalue weighted by Gasteiger charge is -2.14. The number of hydrogen-bond acceptors (Lipinski definition) is 22. The van der Waals surface area contributed by atoms with Gasteiger partial charge in [-0.3, -0.25) is 24.0 Å². The summed E-state index contributed by atoms with van der Waals surface area (Å²) >= 11 is 2.73. The van der Waals surface area contributed by atoms with Crippen LogP contribution in [0, 0.1) is 48.1 Å². The molecule has 0 saturated heterocycles. The lowest BCUT2D eigenvalue weighted by atomic mass is 10.1. The van der Waals surface area contributed by atoms with Crippen LogP contribution in [0.25, 0.3) is 32.9 Å². The Hall–Kier alpha value is -10.8. The van der Waals surface area contributed by atoms with E-state index >= 15 is 0 Å². The van der Waals surface area contributed by atoms with Crippen LogP contribution in [0.3, 0.4) is 0 Å². The number of halogens is 2. The summed E-state index contributed by atoms with van der Waals surface area (Å²) in [5.41, 5.74) is 4.25. The van der Waals surface area contributed by atoms with E-state index in [2.05, 4.69) is 40.9 Å². The number of esters is 5. The second-order valence-electron chi connectivity index (χ2n) is 28.7. The van der Waals surface area contributed by atoms with Crippen LogP contribution in [0.2, 0.25) is 0 Å². The number of aryl methyl sites for hydroxylation is 1. The Morgan fingerprint density at radius 3 is 1.33 bits per heavy atom.